The van der Waals surface area contributed by atoms with E-state index in [1.165, 1.54) is 24.3 Å². The van der Waals surface area contributed by atoms with E-state index in [-0.39, 0.29) is 16.5 Å². The largest absolute Gasteiger partial charge is 0.294 e. The molecule has 0 saturated carbocycles. The van der Waals surface area contributed by atoms with Gasteiger partial charge in [-0.05, 0) is 37.6 Å². The Morgan fingerprint density at radius 2 is 2.00 bits per heavy atom. The van der Waals surface area contributed by atoms with Crippen molar-refractivity contribution in [2.75, 3.05) is 6.54 Å². The van der Waals surface area contributed by atoms with E-state index < -0.39 is 10.0 Å². The first-order chi connectivity index (χ1) is 9.38. The van der Waals surface area contributed by atoms with Gasteiger partial charge in [-0.25, -0.2) is 13.1 Å². The van der Waals surface area contributed by atoms with Gasteiger partial charge in [0.25, 0.3) is 0 Å². The lowest BCUT2D eigenvalue weighted by Crippen LogP contribution is -2.25. The van der Waals surface area contributed by atoms with Gasteiger partial charge in [0.2, 0.25) is 10.0 Å². The maximum absolute atomic E-state index is 11.9. The third-order valence-corrected chi connectivity index (χ3v) is 6.92. The van der Waals surface area contributed by atoms with Gasteiger partial charge in [-0.2, -0.15) is 0 Å². The molecule has 20 heavy (non-hydrogen) atoms. The summed E-state index contributed by atoms with van der Waals surface area (Å²) in [4.78, 5) is 12.8. The standard InChI is InChI=1S/C12H12ClNO3S3/c1-8(15)10-3-2-9(18-10)6-7-14-20(16,17)12-5-4-11(13)19-12/h2-5,14H,6-7H2,1H3. The molecule has 0 unspecified atom stereocenters. The van der Waals surface area contributed by atoms with Crippen LogP contribution < -0.4 is 4.72 Å². The monoisotopic (exact) mass is 349 g/mol. The van der Waals surface area contributed by atoms with Crippen molar-refractivity contribution < 1.29 is 13.2 Å². The summed E-state index contributed by atoms with van der Waals surface area (Å²) in [5.74, 6) is 0.0232. The smallest absolute Gasteiger partial charge is 0.250 e. The number of hydrogen-bond acceptors (Lipinski definition) is 5. The van der Waals surface area contributed by atoms with Gasteiger partial charge >= 0.3 is 0 Å². The van der Waals surface area contributed by atoms with Crippen LogP contribution in [0.2, 0.25) is 4.34 Å². The van der Waals surface area contributed by atoms with Crippen molar-refractivity contribution in [1.82, 2.24) is 4.72 Å². The highest BCUT2D eigenvalue weighted by molar-refractivity contribution is 7.91. The lowest BCUT2D eigenvalue weighted by atomic mass is 10.3. The second-order valence-corrected chi connectivity index (χ2v) is 8.91. The summed E-state index contributed by atoms with van der Waals surface area (Å²) < 4.78 is 27.0. The number of halogens is 1. The molecule has 1 N–H and O–H groups in total. The molecule has 2 aromatic rings. The fourth-order valence-corrected chi connectivity index (χ4v) is 4.98. The minimum atomic E-state index is -3.50. The predicted octanol–water partition coefficient (Wildman–Crippen LogP) is 3.19. The molecule has 2 aromatic heterocycles. The molecule has 2 heterocycles. The Bertz CT molecular complexity index is 718. The zero-order valence-electron chi connectivity index (χ0n) is 10.6. The molecule has 0 aliphatic heterocycles. The van der Waals surface area contributed by atoms with Crippen LogP contribution in [0.4, 0.5) is 0 Å². The summed E-state index contributed by atoms with van der Waals surface area (Å²) in [6.45, 7) is 1.80. The Balaban J connectivity index is 1.93. The molecular formula is C12H12ClNO3S3. The highest BCUT2D eigenvalue weighted by atomic mass is 35.5. The van der Waals surface area contributed by atoms with Gasteiger partial charge in [-0.15, -0.1) is 22.7 Å². The topological polar surface area (TPSA) is 63.2 Å². The van der Waals surface area contributed by atoms with Gasteiger partial charge in [-0.1, -0.05) is 11.6 Å². The van der Waals surface area contributed by atoms with Crippen LogP contribution in [0.3, 0.4) is 0 Å². The van der Waals surface area contributed by atoms with Crippen molar-refractivity contribution in [2.24, 2.45) is 0 Å². The molecule has 0 fully saturated rings. The number of carbonyl (C=O) groups excluding carboxylic acids is 1. The molecule has 0 spiro atoms. The summed E-state index contributed by atoms with van der Waals surface area (Å²) in [5.41, 5.74) is 0. The van der Waals surface area contributed by atoms with Gasteiger partial charge in [0, 0.05) is 11.4 Å². The molecule has 0 atom stereocenters. The van der Waals surface area contributed by atoms with E-state index in [1.54, 1.807) is 12.1 Å². The van der Waals surface area contributed by atoms with Crippen molar-refractivity contribution in [3.05, 3.63) is 38.4 Å². The van der Waals surface area contributed by atoms with Crippen LogP contribution in [0.15, 0.2) is 28.5 Å². The zero-order valence-corrected chi connectivity index (χ0v) is 13.8. The minimum Gasteiger partial charge on any atom is -0.294 e. The van der Waals surface area contributed by atoms with Crippen molar-refractivity contribution >= 4 is 50.1 Å². The summed E-state index contributed by atoms with van der Waals surface area (Å²) in [6.07, 6.45) is 0.552. The average molecular weight is 350 g/mol. The van der Waals surface area contributed by atoms with Crippen molar-refractivity contribution in [3.63, 3.8) is 0 Å². The molecule has 2 rings (SSSR count). The first-order valence-corrected chi connectivity index (χ1v) is 9.22. The lowest BCUT2D eigenvalue weighted by molar-refractivity contribution is 0.102. The van der Waals surface area contributed by atoms with Crippen molar-refractivity contribution in [3.8, 4) is 0 Å². The van der Waals surface area contributed by atoms with Gasteiger partial charge in [0.05, 0.1) is 9.21 Å². The Kier molecular flexibility index (Phi) is 4.98. The van der Waals surface area contributed by atoms with Crippen LogP contribution in [0.25, 0.3) is 0 Å². The van der Waals surface area contributed by atoms with Gasteiger partial charge in [-0.3, -0.25) is 4.79 Å². The lowest BCUT2D eigenvalue weighted by Gasteiger charge is -2.03. The third-order valence-electron chi connectivity index (χ3n) is 2.49. The Morgan fingerprint density at radius 3 is 2.55 bits per heavy atom. The first kappa shape index (κ1) is 15.7. The zero-order chi connectivity index (χ0) is 14.8. The van der Waals surface area contributed by atoms with E-state index >= 15 is 0 Å². The highest BCUT2D eigenvalue weighted by Crippen LogP contribution is 2.25. The number of ketones is 1. The van der Waals surface area contributed by atoms with E-state index in [0.29, 0.717) is 15.6 Å². The first-order valence-electron chi connectivity index (χ1n) is 5.73. The molecule has 0 aromatic carbocycles. The van der Waals surface area contributed by atoms with Crippen molar-refractivity contribution in [2.45, 2.75) is 17.6 Å². The average Bonchev–Trinajstić information content (AvgIpc) is 2.98. The molecule has 108 valence electrons. The van der Waals surface area contributed by atoms with Crippen molar-refractivity contribution in [1.29, 1.82) is 0 Å². The van der Waals surface area contributed by atoms with E-state index in [4.69, 9.17) is 11.6 Å². The summed E-state index contributed by atoms with van der Waals surface area (Å²) >= 11 is 8.14. The minimum absolute atomic E-state index is 0.0232. The number of hydrogen-bond donors (Lipinski definition) is 1. The van der Waals surface area contributed by atoms with Crippen LogP contribution in [0, 0.1) is 0 Å². The van der Waals surface area contributed by atoms with Crippen LogP contribution in [0.1, 0.15) is 21.5 Å². The van der Waals surface area contributed by atoms with Crippen LogP contribution in [0.5, 0.6) is 0 Å². The Hall–Kier alpha value is -0.730. The normalized spacial score (nSPS) is 11.7. The molecule has 0 saturated heterocycles. The molecule has 0 radical (unpaired) electrons. The molecule has 0 bridgehead atoms. The quantitative estimate of drug-likeness (QED) is 0.814. The number of carbonyl (C=O) groups is 1. The van der Waals surface area contributed by atoms with E-state index in [9.17, 15) is 13.2 Å². The number of nitrogens with one attached hydrogen (secondary N) is 1. The molecule has 0 aliphatic carbocycles. The molecular weight excluding hydrogens is 338 g/mol. The van der Waals surface area contributed by atoms with Crippen LogP contribution >= 0.6 is 34.3 Å². The third kappa shape index (κ3) is 3.89. The van der Waals surface area contributed by atoms with Crippen LogP contribution in [-0.4, -0.2) is 20.7 Å². The fraction of sp³-hybridized carbons (Fsp3) is 0.250. The summed E-state index contributed by atoms with van der Waals surface area (Å²) in [6, 6.07) is 6.64. The van der Waals surface area contributed by atoms with E-state index in [2.05, 4.69) is 4.72 Å². The van der Waals surface area contributed by atoms with Gasteiger partial charge in [0.1, 0.15) is 4.21 Å². The Labute approximate surface area is 130 Å². The summed E-state index contributed by atoms with van der Waals surface area (Å²) in [7, 11) is -3.50. The van der Waals surface area contributed by atoms with Gasteiger partial charge in [0.15, 0.2) is 5.78 Å². The maximum atomic E-state index is 11.9. The SMILES string of the molecule is CC(=O)c1ccc(CCNS(=O)(=O)c2ccc(Cl)s2)s1. The highest BCUT2D eigenvalue weighted by Gasteiger charge is 2.16. The number of thiophene rings is 2. The fourth-order valence-electron chi connectivity index (χ4n) is 1.52. The molecule has 0 amide bonds. The second kappa shape index (κ2) is 6.36. The Morgan fingerprint density at radius 1 is 1.25 bits per heavy atom. The van der Waals surface area contributed by atoms with E-state index in [0.717, 1.165) is 16.2 Å². The predicted molar refractivity (Wildman–Crippen MR) is 82.5 cm³/mol. The second-order valence-electron chi connectivity index (χ2n) is 4.03. The number of rotatable bonds is 6. The molecule has 8 heteroatoms. The number of Topliss-reactive ketones (excluding diaryl/α,β-unsaturated/α-hetero) is 1. The molecule has 4 nitrogen and oxygen atoms in total. The summed E-state index contributed by atoms with van der Waals surface area (Å²) in [5, 5.41) is 0. The van der Waals surface area contributed by atoms with E-state index in [1.807, 2.05) is 6.07 Å². The van der Waals surface area contributed by atoms with Gasteiger partial charge < -0.3 is 0 Å². The molecule has 0 aliphatic rings. The maximum Gasteiger partial charge on any atom is 0.250 e. The number of sulfonamides is 1. The van der Waals surface area contributed by atoms with Crippen LogP contribution in [-0.2, 0) is 16.4 Å².